The first kappa shape index (κ1) is 15.5. The van der Waals surface area contributed by atoms with Gasteiger partial charge in [0.25, 0.3) is 0 Å². The molecule has 20 heavy (non-hydrogen) atoms. The Hall–Kier alpha value is -2.58. The van der Waals surface area contributed by atoms with Crippen LogP contribution in [-0.2, 0) is 23.2 Å². The molecule has 0 aliphatic heterocycles. The summed E-state index contributed by atoms with van der Waals surface area (Å²) in [7, 11) is 1.77. The van der Waals surface area contributed by atoms with Crippen LogP contribution in [0.2, 0.25) is 0 Å². The number of hydrogen-bond acceptors (Lipinski definition) is 4. The molecule has 0 radical (unpaired) electrons. The first-order valence-electron chi connectivity index (χ1n) is 5.92. The van der Waals surface area contributed by atoms with Crippen LogP contribution in [0.3, 0.4) is 0 Å². The quantitative estimate of drug-likeness (QED) is 0.505. The number of aryl methyl sites for hydroxylation is 1. The van der Waals surface area contributed by atoms with Gasteiger partial charge in [-0.1, -0.05) is 0 Å². The van der Waals surface area contributed by atoms with Crippen LogP contribution in [0.25, 0.3) is 0 Å². The second kappa shape index (κ2) is 7.12. The number of carboxylic acids is 1. The topological polar surface area (TPSA) is 139 Å². The van der Waals surface area contributed by atoms with Gasteiger partial charge in [0, 0.05) is 25.9 Å². The lowest BCUT2D eigenvalue weighted by Gasteiger charge is -2.14. The van der Waals surface area contributed by atoms with E-state index in [1.165, 1.54) is 0 Å². The number of rotatable bonds is 7. The smallest absolute Gasteiger partial charge is 0.326 e. The lowest BCUT2D eigenvalue weighted by Crippen LogP contribution is -2.46. The standard InChI is InChI=1S/C11H17N5O4/c1-16-5-4-13-9(16)6-14-11(20)15-7(10(18)19)2-3-8(12)17/h4-5,7H,2-3,6H2,1H3,(H2,12,17)(H,18,19)(H2,14,15,20)/t7-/m0/s1. The van der Waals surface area contributed by atoms with Crippen molar-refractivity contribution in [1.82, 2.24) is 20.2 Å². The van der Waals surface area contributed by atoms with Gasteiger partial charge >= 0.3 is 12.0 Å². The van der Waals surface area contributed by atoms with Crippen molar-refractivity contribution >= 4 is 17.9 Å². The Bertz CT molecular complexity index is 499. The van der Waals surface area contributed by atoms with Crippen LogP contribution >= 0.6 is 0 Å². The number of nitrogens with one attached hydrogen (secondary N) is 2. The highest BCUT2D eigenvalue weighted by atomic mass is 16.4. The third-order valence-corrected chi connectivity index (χ3v) is 2.61. The van der Waals surface area contributed by atoms with Crippen molar-refractivity contribution in [3.8, 4) is 0 Å². The normalized spacial score (nSPS) is 11.7. The van der Waals surface area contributed by atoms with Gasteiger partial charge in [0.2, 0.25) is 5.91 Å². The number of carbonyl (C=O) groups excluding carboxylic acids is 2. The minimum atomic E-state index is -1.22. The van der Waals surface area contributed by atoms with Crippen molar-refractivity contribution in [1.29, 1.82) is 0 Å². The Morgan fingerprint density at radius 2 is 2.20 bits per heavy atom. The molecule has 0 saturated heterocycles. The highest BCUT2D eigenvalue weighted by molar-refractivity contribution is 5.83. The molecule has 1 atom stereocenters. The molecule has 0 bridgehead atoms. The number of carbonyl (C=O) groups is 3. The van der Waals surface area contributed by atoms with E-state index in [1.807, 2.05) is 0 Å². The molecule has 110 valence electrons. The summed E-state index contributed by atoms with van der Waals surface area (Å²) in [5.41, 5.74) is 4.94. The maximum absolute atomic E-state index is 11.6. The number of hydrogen-bond donors (Lipinski definition) is 4. The lowest BCUT2D eigenvalue weighted by atomic mass is 10.1. The van der Waals surface area contributed by atoms with Crippen molar-refractivity contribution in [2.24, 2.45) is 12.8 Å². The summed E-state index contributed by atoms with van der Waals surface area (Å²) >= 11 is 0. The van der Waals surface area contributed by atoms with E-state index in [-0.39, 0.29) is 19.4 Å². The summed E-state index contributed by atoms with van der Waals surface area (Å²) < 4.78 is 1.72. The molecule has 1 heterocycles. The third-order valence-electron chi connectivity index (χ3n) is 2.61. The molecular formula is C11H17N5O4. The Balaban J connectivity index is 2.43. The van der Waals surface area contributed by atoms with Crippen LogP contribution in [0, 0.1) is 0 Å². The molecule has 1 rings (SSSR count). The van der Waals surface area contributed by atoms with Crippen molar-refractivity contribution in [3.63, 3.8) is 0 Å². The summed E-state index contributed by atoms with van der Waals surface area (Å²) in [4.78, 5) is 37.1. The summed E-state index contributed by atoms with van der Waals surface area (Å²) in [5, 5.41) is 13.7. The first-order valence-corrected chi connectivity index (χ1v) is 5.92. The van der Waals surface area contributed by atoms with Crippen LogP contribution in [-0.4, -0.2) is 38.6 Å². The highest BCUT2D eigenvalue weighted by Gasteiger charge is 2.20. The van der Waals surface area contributed by atoms with Gasteiger partial charge in [0.15, 0.2) is 0 Å². The fourth-order valence-electron chi connectivity index (χ4n) is 1.48. The minimum Gasteiger partial charge on any atom is -0.480 e. The van der Waals surface area contributed by atoms with Crippen LogP contribution < -0.4 is 16.4 Å². The summed E-state index contributed by atoms with van der Waals surface area (Å²) in [5.74, 6) is -1.21. The van der Waals surface area contributed by atoms with Gasteiger partial charge in [-0.05, 0) is 6.42 Å². The molecular weight excluding hydrogens is 266 g/mol. The van der Waals surface area contributed by atoms with E-state index >= 15 is 0 Å². The van der Waals surface area contributed by atoms with E-state index in [2.05, 4.69) is 15.6 Å². The molecule has 5 N–H and O–H groups in total. The molecule has 3 amide bonds. The molecule has 0 aliphatic carbocycles. The number of imidazole rings is 1. The number of urea groups is 1. The zero-order valence-corrected chi connectivity index (χ0v) is 11.0. The third kappa shape index (κ3) is 4.96. The Labute approximate surface area is 115 Å². The van der Waals surface area contributed by atoms with E-state index in [1.54, 1.807) is 24.0 Å². The fraction of sp³-hybridized carbons (Fsp3) is 0.455. The number of amides is 3. The van der Waals surface area contributed by atoms with Crippen LogP contribution in [0.4, 0.5) is 4.79 Å². The number of nitrogens with two attached hydrogens (primary N) is 1. The Kier molecular flexibility index (Phi) is 5.51. The number of primary amides is 1. The molecule has 0 spiro atoms. The predicted octanol–water partition coefficient (Wildman–Crippen LogP) is -1.06. The summed E-state index contributed by atoms with van der Waals surface area (Å²) in [6.45, 7) is 0.164. The summed E-state index contributed by atoms with van der Waals surface area (Å²) in [6.07, 6.45) is 3.14. The average Bonchev–Trinajstić information content (AvgIpc) is 2.77. The van der Waals surface area contributed by atoms with Gasteiger partial charge in [-0.3, -0.25) is 4.79 Å². The molecule has 0 aromatic carbocycles. The fourth-order valence-corrected chi connectivity index (χ4v) is 1.48. The van der Waals surface area contributed by atoms with Crippen molar-refractivity contribution in [3.05, 3.63) is 18.2 Å². The van der Waals surface area contributed by atoms with Crippen LogP contribution in [0.5, 0.6) is 0 Å². The van der Waals surface area contributed by atoms with Gasteiger partial charge in [0.05, 0.1) is 6.54 Å². The Morgan fingerprint density at radius 3 is 2.70 bits per heavy atom. The summed E-state index contributed by atoms with van der Waals surface area (Å²) in [6, 6.07) is -1.81. The lowest BCUT2D eigenvalue weighted by molar-refractivity contribution is -0.139. The van der Waals surface area contributed by atoms with Crippen LogP contribution in [0.15, 0.2) is 12.4 Å². The number of carboxylic acid groups (broad SMARTS) is 1. The number of aromatic nitrogens is 2. The van der Waals surface area contributed by atoms with E-state index in [0.29, 0.717) is 5.82 Å². The first-order chi connectivity index (χ1) is 9.40. The van der Waals surface area contributed by atoms with Crippen molar-refractivity contribution in [2.45, 2.75) is 25.4 Å². The monoisotopic (exact) mass is 283 g/mol. The molecule has 0 aliphatic rings. The number of aliphatic carboxylic acids is 1. The van der Waals surface area contributed by atoms with Crippen molar-refractivity contribution in [2.75, 3.05) is 0 Å². The van der Waals surface area contributed by atoms with Gasteiger partial charge < -0.3 is 26.0 Å². The molecule has 0 fully saturated rings. The molecule has 0 saturated carbocycles. The number of nitrogens with zero attached hydrogens (tertiary/aromatic N) is 2. The molecule has 1 aromatic rings. The molecule has 1 aromatic heterocycles. The largest absolute Gasteiger partial charge is 0.480 e. The molecule has 9 heteroatoms. The van der Waals surface area contributed by atoms with Gasteiger partial charge in [-0.25, -0.2) is 14.6 Å². The van der Waals surface area contributed by atoms with E-state index in [4.69, 9.17) is 10.8 Å². The molecule has 9 nitrogen and oxygen atoms in total. The highest BCUT2D eigenvalue weighted by Crippen LogP contribution is 1.98. The average molecular weight is 283 g/mol. The molecule has 0 unspecified atom stereocenters. The Morgan fingerprint density at radius 1 is 1.50 bits per heavy atom. The maximum Gasteiger partial charge on any atom is 0.326 e. The van der Waals surface area contributed by atoms with Crippen molar-refractivity contribution < 1.29 is 19.5 Å². The maximum atomic E-state index is 11.6. The van der Waals surface area contributed by atoms with Gasteiger partial charge in [-0.15, -0.1) is 0 Å². The van der Waals surface area contributed by atoms with E-state index < -0.39 is 23.9 Å². The second-order valence-electron chi connectivity index (χ2n) is 4.18. The van der Waals surface area contributed by atoms with Gasteiger partial charge in [0.1, 0.15) is 11.9 Å². The zero-order chi connectivity index (χ0) is 15.1. The minimum absolute atomic E-state index is 0.0551. The predicted molar refractivity (Wildman–Crippen MR) is 68.4 cm³/mol. The second-order valence-corrected chi connectivity index (χ2v) is 4.18. The SMILES string of the molecule is Cn1ccnc1CNC(=O)N[C@@H](CCC(N)=O)C(=O)O. The van der Waals surface area contributed by atoms with E-state index in [0.717, 1.165) is 0 Å². The zero-order valence-electron chi connectivity index (χ0n) is 11.0. The van der Waals surface area contributed by atoms with Gasteiger partial charge in [-0.2, -0.15) is 0 Å². The van der Waals surface area contributed by atoms with Crippen LogP contribution in [0.1, 0.15) is 18.7 Å². The van der Waals surface area contributed by atoms with E-state index in [9.17, 15) is 14.4 Å².